The predicted octanol–water partition coefficient (Wildman–Crippen LogP) is 3.26. The first kappa shape index (κ1) is 11.7. The number of ether oxygens (including phenoxy) is 1. The predicted molar refractivity (Wildman–Crippen MR) is 66.1 cm³/mol. The SMILES string of the molecule is COc1ccc(F)cc1-c1[nH]cnc(=S)c1C. The Balaban J connectivity index is 2.71. The molecule has 0 aliphatic rings. The number of hydrogen-bond donors (Lipinski definition) is 1. The fraction of sp³-hybridized carbons (Fsp3) is 0.167. The first-order chi connectivity index (χ1) is 8.13. The highest BCUT2D eigenvalue weighted by atomic mass is 32.1. The Morgan fingerprint density at radius 3 is 2.88 bits per heavy atom. The number of benzene rings is 1. The van der Waals surface area contributed by atoms with E-state index in [4.69, 9.17) is 17.0 Å². The summed E-state index contributed by atoms with van der Waals surface area (Å²) in [6.07, 6.45) is 1.50. The molecule has 0 saturated carbocycles. The molecule has 0 unspecified atom stereocenters. The van der Waals surface area contributed by atoms with Gasteiger partial charge in [0.2, 0.25) is 0 Å². The largest absolute Gasteiger partial charge is 0.496 e. The molecule has 1 aromatic carbocycles. The topological polar surface area (TPSA) is 37.9 Å². The lowest BCUT2D eigenvalue weighted by molar-refractivity contribution is 0.415. The standard InChI is InChI=1S/C12H11FN2OS/c1-7-11(14-6-15-12(7)17)9-5-8(13)3-4-10(9)16-2/h3-6H,1-2H3,(H,14,15,17). The summed E-state index contributed by atoms with van der Waals surface area (Å²) >= 11 is 5.09. The maximum absolute atomic E-state index is 13.3. The Labute approximate surface area is 103 Å². The van der Waals surface area contributed by atoms with Crippen LogP contribution in [-0.4, -0.2) is 17.1 Å². The maximum Gasteiger partial charge on any atom is 0.132 e. The minimum atomic E-state index is -0.323. The average molecular weight is 250 g/mol. The second-order valence-electron chi connectivity index (χ2n) is 3.55. The summed E-state index contributed by atoms with van der Waals surface area (Å²) < 4.78 is 19.0. The van der Waals surface area contributed by atoms with Crippen LogP contribution in [0.4, 0.5) is 4.39 Å². The molecule has 1 aromatic heterocycles. The molecule has 0 atom stereocenters. The molecule has 2 aromatic rings. The molecular weight excluding hydrogens is 239 g/mol. The van der Waals surface area contributed by atoms with Crippen molar-refractivity contribution in [1.82, 2.24) is 9.97 Å². The first-order valence-electron chi connectivity index (χ1n) is 5.01. The number of rotatable bonds is 2. The fourth-order valence-electron chi connectivity index (χ4n) is 1.62. The smallest absolute Gasteiger partial charge is 0.132 e. The van der Waals surface area contributed by atoms with E-state index in [1.165, 1.54) is 18.5 Å². The Morgan fingerprint density at radius 1 is 1.41 bits per heavy atom. The molecule has 1 N–H and O–H groups in total. The van der Waals surface area contributed by atoms with Crippen LogP contribution in [0.15, 0.2) is 24.5 Å². The first-order valence-corrected chi connectivity index (χ1v) is 5.42. The summed E-state index contributed by atoms with van der Waals surface area (Å²) in [6, 6.07) is 4.35. The van der Waals surface area contributed by atoms with E-state index in [-0.39, 0.29) is 5.82 Å². The van der Waals surface area contributed by atoms with Crippen LogP contribution in [0.1, 0.15) is 5.56 Å². The lowest BCUT2D eigenvalue weighted by Crippen LogP contribution is -1.95. The van der Waals surface area contributed by atoms with Crippen molar-refractivity contribution in [1.29, 1.82) is 0 Å². The average Bonchev–Trinajstić information content (AvgIpc) is 2.33. The molecule has 5 heteroatoms. The zero-order valence-corrected chi connectivity index (χ0v) is 10.3. The van der Waals surface area contributed by atoms with Gasteiger partial charge in [0.1, 0.15) is 16.2 Å². The van der Waals surface area contributed by atoms with Crippen LogP contribution in [0.25, 0.3) is 11.3 Å². The molecule has 0 aliphatic heterocycles. The third-order valence-corrected chi connectivity index (χ3v) is 2.93. The van der Waals surface area contributed by atoms with E-state index >= 15 is 0 Å². The van der Waals surface area contributed by atoms with Gasteiger partial charge in [0.15, 0.2) is 0 Å². The number of methoxy groups -OCH3 is 1. The highest BCUT2D eigenvalue weighted by Gasteiger charge is 2.11. The van der Waals surface area contributed by atoms with Gasteiger partial charge in [0, 0.05) is 11.1 Å². The van der Waals surface area contributed by atoms with E-state index < -0.39 is 0 Å². The van der Waals surface area contributed by atoms with Gasteiger partial charge in [-0.3, -0.25) is 0 Å². The summed E-state index contributed by atoms with van der Waals surface area (Å²) in [4.78, 5) is 6.94. The number of nitrogens with one attached hydrogen (secondary N) is 1. The van der Waals surface area contributed by atoms with Gasteiger partial charge in [-0.15, -0.1) is 0 Å². The van der Waals surface area contributed by atoms with Crippen molar-refractivity contribution in [2.45, 2.75) is 6.92 Å². The highest BCUT2D eigenvalue weighted by Crippen LogP contribution is 2.30. The molecule has 0 fully saturated rings. The molecule has 2 rings (SSSR count). The normalized spacial score (nSPS) is 10.3. The second kappa shape index (κ2) is 4.63. The van der Waals surface area contributed by atoms with Crippen molar-refractivity contribution < 1.29 is 9.13 Å². The Hall–Kier alpha value is -1.75. The van der Waals surface area contributed by atoms with Crippen molar-refractivity contribution in [3.05, 3.63) is 40.5 Å². The quantitative estimate of drug-likeness (QED) is 0.831. The van der Waals surface area contributed by atoms with E-state index in [9.17, 15) is 4.39 Å². The lowest BCUT2D eigenvalue weighted by atomic mass is 10.1. The number of aromatic nitrogens is 2. The zero-order chi connectivity index (χ0) is 12.4. The van der Waals surface area contributed by atoms with Crippen molar-refractivity contribution >= 4 is 12.2 Å². The molecule has 0 amide bonds. The Kier molecular flexibility index (Phi) is 3.19. The number of hydrogen-bond acceptors (Lipinski definition) is 3. The van der Waals surface area contributed by atoms with E-state index in [1.807, 2.05) is 6.92 Å². The third-order valence-electron chi connectivity index (χ3n) is 2.52. The van der Waals surface area contributed by atoms with Crippen LogP contribution in [0, 0.1) is 17.4 Å². The Morgan fingerprint density at radius 2 is 2.18 bits per heavy atom. The minimum Gasteiger partial charge on any atom is -0.496 e. The molecule has 0 aliphatic carbocycles. The zero-order valence-electron chi connectivity index (χ0n) is 9.45. The van der Waals surface area contributed by atoms with E-state index in [2.05, 4.69) is 9.97 Å². The van der Waals surface area contributed by atoms with Gasteiger partial charge in [-0.2, -0.15) is 0 Å². The molecule has 0 spiro atoms. The van der Waals surface area contributed by atoms with Crippen LogP contribution in [0.3, 0.4) is 0 Å². The number of H-pyrrole nitrogens is 1. The monoisotopic (exact) mass is 250 g/mol. The molecule has 3 nitrogen and oxygen atoms in total. The summed E-state index contributed by atoms with van der Waals surface area (Å²) in [5.41, 5.74) is 2.16. The van der Waals surface area contributed by atoms with Crippen LogP contribution >= 0.6 is 12.2 Å². The van der Waals surface area contributed by atoms with E-state index in [0.717, 1.165) is 11.3 Å². The summed E-state index contributed by atoms with van der Waals surface area (Å²) in [7, 11) is 1.54. The van der Waals surface area contributed by atoms with Crippen LogP contribution in [-0.2, 0) is 0 Å². The van der Waals surface area contributed by atoms with Gasteiger partial charge in [-0.05, 0) is 25.1 Å². The van der Waals surface area contributed by atoms with E-state index in [1.54, 1.807) is 13.2 Å². The van der Waals surface area contributed by atoms with Crippen LogP contribution in [0.5, 0.6) is 5.75 Å². The second-order valence-corrected chi connectivity index (χ2v) is 3.94. The minimum absolute atomic E-state index is 0.323. The molecule has 0 bridgehead atoms. The van der Waals surface area contributed by atoms with Gasteiger partial charge >= 0.3 is 0 Å². The molecule has 0 saturated heterocycles. The molecule has 17 heavy (non-hydrogen) atoms. The van der Waals surface area contributed by atoms with Crippen LogP contribution in [0.2, 0.25) is 0 Å². The van der Waals surface area contributed by atoms with Crippen molar-refractivity contribution in [2.75, 3.05) is 7.11 Å². The molecule has 1 heterocycles. The number of nitrogens with zero attached hydrogens (tertiary/aromatic N) is 1. The summed E-state index contributed by atoms with van der Waals surface area (Å²) in [5.74, 6) is 0.266. The molecule has 88 valence electrons. The van der Waals surface area contributed by atoms with Gasteiger partial charge in [-0.1, -0.05) is 12.2 Å². The summed E-state index contributed by atoms with van der Waals surface area (Å²) in [6.45, 7) is 1.84. The molecular formula is C12H11FN2OS. The lowest BCUT2D eigenvalue weighted by Gasteiger charge is -2.10. The molecule has 0 radical (unpaired) electrons. The van der Waals surface area contributed by atoms with Crippen molar-refractivity contribution in [3.63, 3.8) is 0 Å². The van der Waals surface area contributed by atoms with Crippen molar-refractivity contribution in [3.8, 4) is 17.0 Å². The maximum atomic E-state index is 13.3. The number of aromatic amines is 1. The van der Waals surface area contributed by atoms with Crippen molar-refractivity contribution in [2.24, 2.45) is 0 Å². The van der Waals surface area contributed by atoms with Gasteiger partial charge < -0.3 is 9.72 Å². The third kappa shape index (κ3) is 2.19. The summed E-state index contributed by atoms with van der Waals surface area (Å²) in [5, 5.41) is 0. The van der Waals surface area contributed by atoms with Gasteiger partial charge in [0.05, 0.1) is 19.1 Å². The Bertz CT molecular complexity index is 610. The fourth-order valence-corrected chi connectivity index (χ4v) is 1.78. The highest BCUT2D eigenvalue weighted by molar-refractivity contribution is 7.71. The van der Waals surface area contributed by atoms with Gasteiger partial charge in [-0.25, -0.2) is 9.37 Å². The van der Waals surface area contributed by atoms with E-state index in [0.29, 0.717) is 16.0 Å². The van der Waals surface area contributed by atoms with Gasteiger partial charge in [0.25, 0.3) is 0 Å². The number of halogens is 1. The van der Waals surface area contributed by atoms with Crippen LogP contribution < -0.4 is 4.74 Å².